The number of nitrogens with two attached hydrogens (primary N) is 1. The average Bonchev–Trinajstić information content (AvgIpc) is 2.31. The molecular weight excluding hydrogens is 271 g/mol. The Hall–Kier alpha value is -1.65. The number of nitrogens with one attached hydrogen (secondary N) is 1. The first-order chi connectivity index (χ1) is 8.59. The molecular formula is C13H10ClFN2S. The molecule has 0 aliphatic carbocycles. The van der Waals surface area contributed by atoms with Crippen molar-refractivity contribution in [1.29, 1.82) is 0 Å². The highest BCUT2D eigenvalue weighted by atomic mass is 35.5. The molecule has 5 heteroatoms. The molecule has 2 nitrogen and oxygen atoms in total. The van der Waals surface area contributed by atoms with Crippen molar-refractivity contribution in [2.45, 2.75) is 0 Å². The summed E-state index contributed by atoms with van der Waals surface area (Å²) in [4.78, 5) is 0.166. The predicted octanol–water partition coefficient (Wildman–Crippen LogP) is 3.86. The van der Waals surface area contributed by atoms with Crippen LogP contribution >= 0.6 is 23.8 Å². The number of halogens is 2. The van der Waals surface area contributed by atoms with Crippen LogP contribution in [-0.4, -0.2) is 4.99 Å². The van der Waals surface area contributed by atoms with Crippen LogP contribution in [0, 0.1) is 5.82 Å². The van der Waals surface area contributed by atoms with E-state index in [0.29, 0.717) is 22.0 Å². The molecule has 0 saturated carbocycles. The van der Waals surface area contributed by atoms with Gasteiger partial charge in [0.05, 0.1) is 22.0 Å². The molecule has 0 heterocycles. The molecule has 0 aromatic heterocycles. The molecule has 0 atom stereocenters. The fourth-order valence-corrected chi connectivity index (χ4v) is 2.14. The summed E-state index contributed by atoms with van der Waals surface area (Å²) in [5.74, 6) is -0.355. The minimum atomic E-state index is -0.355. The molecule has 0 bridgehead atoms. The first-order valence-electron chi connectivity index (χ1n) is 5.19. The van der Waals surface area contributed by atoms with E-state index in [-0.39, 0.29) is 10.8 Å². The van der Waals surface area contributed by atoms with Gasteiger partial charge < -0.3 is 11.1 Å². The van der Waals surface area contributed by atoms with Gasteiger partial charge in [0.2, 0.25) is 0 Å². The average molecular weight is 281 g/mol. The van der Waals surface area contributed by atoms with Crippen LogP contribution in [0.1, 0.15) is 5.56 Å². The highest BCUT2D eigenvalue weighted by Crippen LogP contribution is 2.28. The van der Waals surface area contributed by atoms with Crippen molar-refractivity contribution in [2.75, 3.05) is 5.32 Å². The van der Waals surface area contributed by atoms with Crippen molar-refractivity contribution in [3.8, 4) is 0 Å². The Morgan fingerprint density at radius 1 is 1.11 bits per heavy atom. The fourth-order valence-electron chi connectivity index (χ4n) is 1.59. The van der Waals surface area contributed by atoms with Gasteiger partial charge >= 0.3 is 0 Å². The van der Waals surface area contributed by atoms with Crippen LogP contribution in [0.4, 0.5) is 15.8 Å². The van der Waals surface area contributed by atoms with Crippen LogP contribution in [0.15, 0.2) is 42.5 Å². The number of thiocarbonyl (C=S) groups is 1. The van der Waals surface area contributed by atoms with Gasteiger partial charge in [0.25, 0.3) is 0 Å². The highest BCUT2D eigenvalue weighted by Gasteiger charge is 2.11. The number of para-hydroxylation sites is 1. The summed E-state index contributed by atoms with van der Waals surface area (Å²) in [5, 5.41) is 3.37. The van der Waals surface area contributed by atoms with Crippen molar-refractivity contribution in [1.82, 2.24) is 0 Å². The maximum atomic E-state index is 13.5. The SMILES string of the molecule is NC(=S)c1c(Cl)cccc1Nc1ccccc1F. The second-order valence-corrected chi connectivity index (χ2v) is 4.48. The zero-order valence-corrected chi connectivity index (χ0v) is 10.9. The zero-order valence-electron chi connectivity index (χ0n) is 9.28. The third-order valence-corrected chi connectivity index (χ3v) is 2.92. The molecule has 18 heavy (non-hydrogen) atoms. The van der Waals surface area contributed by atoms with Gasteiger partial charge in [-0.05, 0) is 24.3 Å². The normalized spacial score (nSPS) is 10.1. The summed E-state index contributed by atoms with van der Waals surface area (Å²) < 4.78 is 13.5. The minimum Gasteiger partial charge on any atom is -0.389 e. The first kappa shape index (κ1) is 12.8. The molecule has 2 aromatic rings. The van der Waals surface area contributed by atoms with Crippen molar-refractivity contribution in [3.63, 3.8) is 0 Å². The van der Waals surface area contributed by atoms with Crippen LogP contribution in [0.25, 0.3) is 0 Å². The fraction of sp³-hybridized carbons (Fsp3) is 0. The molecule has 3 N–H and O–H groups in total. The van der Waals surface area contributed by atoms with Gasteiger partial charge in [-0.2, -0.15) is 0 Å². The topological polar surface area (TPSA) is 38.0 Å². The highest BCUT2D eigenvalue weighted by molar-refractivity contribution is 7.80. The molecule has 92 valence electrons. The number of rotatable bonds is 3. The molecule has 0 aliphatic rings. The van der Waals surface area contributed by atoms with Gasteiger partial charge in [0.1, 0.15) is 10.8 Å². The van der Waals surface area contributed by atoms with E-state index >= 15 is 0 Å². The Labute approximate surface area is 115 Å². The largest absolute Gasteiger partial charge is 0.389 e. The second kappa shape index (κ2) is 5.33. The monoisotopic (exact) mass is 280 g/mol. The minimum absolute atomic E-state index is 0.166. The second-order valence-electron chi connectivity index (χ2n) is 3.63. The summed E-state index contributed by atoms with van der Waals surface area (Å²) in [5.41, 5.74) is 7.06. The molecule has 0 aliphatic heterocycles. The lowest BCUT2D eigenvalue weighted by atomic mass is 10.1. The smallest absolute Gasteiger partial charge is 0.146 e. The third kappa shape index (κ3) is 2.60. The van der Waals surface area contributed by atoms with Crippen molar-refractivity contribution < 1.29 is 4.39 Å². The Kier molecular flexibility index (Phi) is 3.79. The molecule has 2 aromatic carbocycles. The van der Waals surface area contributed by atoms with E-state index in [1.165, 1.54) is 6.07 Å². The van der Waals surface area contributed by atoms with E-state index in [9.17, 15) is 4.39 Å². The molecule has 0 saturated heterocycles. The Bertz CT molecular complexity index is 601. The number of hydrogen-bond donors (Lipinski definition) is 2. The number of benzene rings is 2. The van der Waals surface area contributed by atoms with Gasteiger partial charge in [-0.1, -0.05) is 42.0 Å². The van der Waals surface area contributed by atoms with Gasteiger partial charge in [-0.25, -0.2) is 4.39 Å². The molecule has 0 unspecified atom stereocenters. The summed E-state index contributed by atoms with van der Waals surface area (Å²) >= 11 is 11.0. The van der Waals surface area contributed by atoms with Crippen molar-refractivity contribution in [2.24, 2.45) is 5.73 Å². The van der Waals surface area contributed by atoms with Gasteiger partial charge in [-0.15, -0.1) is 0 Å². The Balaban J connectivity index is 2.44. The standard InChI is InChI=1S/C13H10ClFN2S/c14-8-4-3-7-11(12(8)13(16)18)17-10-6-2-1-5-9(10)15/h1-7,17H,(H2,16,18). The van der Waals surface area contributed by atoms with Gasteiger partial charge in [0.15, 0.2) is 0 Å². The molecule has 0 amide bonds. The van der Waals surface area contributed by atoms with E-state index in [2.05, 4.69) is 5.32 Å². The quantitative estimate of drug-likeness (QED) is 0.839. The summed E-state index contributed by atoms with van der Waals surface area (Å²) in [6.45, 7) is 0. The lowest BCUT2D eigenvalue weighted by Crippen LogP contribution is -2.12. The maximum absolute atomic E-state index is 13.5. The van der Waals surface area contributed by atoms with Crippen LogP contribution in [-0.2, 0) is 0 Å². The Morgan fingerprint density at radius 2 is 1.78 bits per heavy atom. The molecule has 2 rings (SSSR count). The van der Waals surface area contributed by atoms with Crippen molar-refractivity contribution >= 4 is 40.2 Å². The Morgan fingerprint density at radius 3 is 2.44 bits per heavy atom. The summed E-state index contributed by atoms with van der Waals surface area (Å²) in [6.07, 6.45) is 0. The van der Waals surface area contributed by atoms with Crippen LogP contribution in [0.5, 0.6) is 0 Å². The number of anilines is 2. The third-order valence-electron chi connectivity index (χ3n) is 2.40. The molecule has 0 spiro atoms. The van der Waals surface area contributed by atoms with E-state index < -0.39 is 0 Å². The van der Waals surface area contributed by atoms with Crippen LogP contribution < -0.4 is 11.1 Å². The lowest BCUT2D eigenvalue weighted by Gasteiger charge is -2.13. The lowest BCUT2D eigenvalue weighted by molar-refractivity contribution is 0.632. The number of hydrogen-bond acceptors (Lipinski definition) is 2. The summed E-state index contributed by atoms with van der Waals surface area (Å²) in [7, 11) is 0. The van der Waals surface area contributed by atoms with Gasteiger partial charge in [0, 0.05) is 0 Å². The first-order valence-corrected chi connectivity index (χ1v) is 5.98. The maximum Gasteiger partial charge on any atom is 0.146 e. The van der Waals surface area contributed by atoms with E-state index in [4.69, 9.17) is 29.6 Å². The molecule has 0 radical (unpaired) electrons. The van der Waals surface area contributed by atoms with E-state index in [0.717, 1.165) is 0 Å². The van der Waals surface area contributed by atoms with E-state index in [1.807, 2.05) is 0 Å². The molecule has 0 fully saturated rings. The predicted molar refractivity (Wildman–Crippen MR) is 77.0 cm³/mol. The van der Waals surface area contributed by atoms with E-state index in [1.54, 1.807) is 36.4 Å². The van der Waals surface area contributed by atoms with Crippen molar-refractivity contribution in [3.05, 3.63) is 58.9 Å². The summed E-state index contributed by atoms with van der Waals surface area (Å²) in [6, 6.07) is 11.5. The van der Waals surface area contributed by atoms with Crippen LogP contribution in [0.2, 0.25) is 5.02 Å². The van der Waals surface area contributed by atoms with Gasteiger partial charge in [-0.3, -0.25) is 0 Å². The zero-order chi connectivity index (χ0) is 13.1. The van der Waals surface area contributed by atoms with Crippen LogP contribution in [0.3, 0.4) is 0 Å².